The summed E-state index contributed by atoms with van der Waals surface area (Å²) in [4.78, 5) is 13.9. The molecule has 14 heteroatoms. The Morgan fingerprint density at radius 1 is 1.31 bits per heavy atom. The molecular weight excluding hydrogens is 445 g/mol. The van der Waals surface area contributed by atoms with Crippen LogP contribution < -0.4 is 5.73 Å². The highest BCUT2D eigenvalue weighted by Gasteiger charge is 2.65. The summed E-state index contributed by atoms with van der Waals surface area (Å²) in [6, 6.07) is 5.49. The predicted molar refractivity (Wildman–Crippen MR) is 107 cm³/mol. The van der Waals surface area contributed by atoms with Gasteiger partial charge in [-0.3, -0.25) is 9.05 Å². The van der Waals surface area contributed by atoms with Crippen LogP contribution in [0, 0.1) is 11.3 Å². The smallest absolute Gasteiger partial charge is 0.382 e. The van der Waals surface area contributed by atoms with Gasteiger partial charge in [-0.05, 0) is 26.0 Å². The fourth-order valence-corrected chi connectivity index (χ4v) is 4.62. The number of phosphoric ester groups is 1. The van der Waals surface area contributed by atoms with Gasteiger partial charge in [-0.2, -0.15) is 10.4 Å². The number of nitrogens with two attached hydrogens (primary N) is 1. The van der Waals surface area contributed by atoms with E-state index in [1.54, 1.807) is 26.0 Å². The van der Waals surface area contributed by atoms with Gasteiger partial charge in [0.25, 0.3) is 0 Å². The van der Waals surface area contributed by atoms with Crippen LogP contribution in [0.4, 0.5) is 5.82 Å². The van der Waals surface area contributed by atoms with E-state index in [1.807, 2.05) is 0 Å². The molecular formula is C18H24N5O8P. The number of aromatic nitrogens is 3. The monoisotopic (exact) mass is 469 g/mol. The average molecular weight is 469 g/mol. The van der Waals surface area contributed by atoms with Gasteiger partial charge < -0.3 is 29.6 Å². The molecule has 13 nitrogen and oxygen atoms in total. The summed E-state index contributed by atoms with van der Waals surface area (Å²) in [6.07, 6.45) is -1.30. The number of fused-ring (bicyclic) bond motifs is 2. The van der Waals surface area contributed by atoms with Crippen LogP contribution in [0.25, 0.3) is 5.52 Å². The summed E-state index contributed by atoms with van der Waals surface area (Å²) in [5, 5.41) is 14.4. The number of methoxy groups -OCH3 is 1. The standard InChI is InChI=1S/C18H24N5O8P/c1-17(2)30-14-12(8-28-32(24,25)27-7-6-26-3)29-18(9-19,15(14)31-17)13-5-4-11-16(20)21-10-22-23(11)13/h4-5,10,12,14-15H,6-8H2,1-3H3,(H,24,25)(H2,20,21,22)/t12-,14-,15-,18+/m1/s1. The zero-order chi connectivity index (χ0) is 23.1. The summed E-state index contributed by atoms with van der Waals surface area (Å²) in [5.74, 6) is -0.801. The molecule has 0 saturated carbocycles. The Balaban J connectivity index is 1.65. The molecule has 2 aromatic rings. The zero-order valence-corrected chi connectivity index (χ0v) is 18.6. The lowest BCUT2D eigenvalue weighted by atomic mass is 9.92. The van der Waals surface area contributed by atoms with Crippen molar-refractivity contribution in [1.29, 1.82) is 5.26 Å². The van der Waals surface area contributed by atoms with Gasteiger partial charge in [0.15, 0.2) is 11.6 Å². The number of anilines is 1. The van der Waals surface area contributed by atoms with Gasteiger partial charge in [0.05, 0.1) is 25.5 Å². The Kier molecular flexibility index (Phi) is 6.00. The van der Waals surface area contributed by atoms with E-state index in [1.165, 1.54) is 18.0 Å². The van der Waals surface area contributed by atoms with Crippen LogP contribution in [-0.4, -0.2) is 70.5 Å². The van der Waals surface area contributed by atoms with Crippen LogP contribution in [0.15, 0.2) is 18.5 Å². The molecule has 32 heavy (non-hydrogen) atoms. The predicted octanol–water partition coefficient (Wildman–Crippen LogP) is 0.729. The fourth-order valence-electron chi connectivity index (χ4n) is 3.91. The lowest BCUT2D eigenvalue weighted by molar-refractivity contribution is -0.204. The summed E-state index contributed by atoms with van der Waals surface area (Å²) < 4.78 is 46.4. The zero-order valence-electron chi connectivity index (χ0n) is 17.7. The van der Waals surface area contributed by atoms with Crippen molar-refractivity contribution < 1.29 is 37.5 Å². The number of ether oxygens (including phenoxy) is 4. The molecule has 2 aliphatic rings. The van der Waals surface area contributed by atoms with E-state index in [2.05, 4.69) is 16.2 Å². The molecule has 2 aromatic heterocycles. The topological polar surface area (TPSA) is 173 Å². The van der Waals surface area contributed by atoms with Gasteiger partial charge in [0, 0.05) is 7.11 Å². The maximum Gasteiger partial charge on any atom is 0.472 e. The van der Waals surface area contributed by atoms with E-state index < -0.39 is 37.5 Å². The van der Waals surface area contributed by atoms with E-state index in [0.29, 0.717) is 11.2 Å². The molecule has 174 valence electrons. The molecule has 0 aromatic carbocycles. The van der Waals surface area contributed by atoms with Gasteiger partial charge in [-0.15, -0.1) is 0 Å². The number of rotatable bonds is 8. The molecule has 0 aliphatic carbocycles. The Hall–Kier alpha value is -2.14. The normalized spacial score (nSPS) is 30.8. The largest absolute Gasteiger partial charge is 0.472 e. The number of hydrogen-bond acceptors (Lipinski definition) is 11. The lowest BCUT2D eigenvalue weighted by Gasteiger charge is -2.29. The molecule has 0 spiro atoms. The highest BCUT2D eigenvalue weighted by atomic mass is 31.2. The number of nitrogens with zero attached hydrogens (tertiary/aromatic N) is 4. The van der Waals surface area contributed by atoms with Gasteiger partial charge in [-0.25, -0.2) is 14.1 Å². The van der Waals surface area contributed by atoms with Crippen molar-refractivity contribution in [2.45, 2.75) is 43.5 Å². The van der Waals surface area contributed by atoms with Crippen molar-refractivity contribution in [1.82, 2.24) is 14.6 Å². The Morgan fingerprint density at radius 3 is 2.81 bits per heavy atom. The van der Waals surface area contributed by atoms with Crippen LogP contribution in [0.5, 0.6) is 0 Å². The third kappa shape index (κ3) is 4.00. The molecule has 3 N–H and O–H groups in total. The first-order valence-corrected chi connectivity index (χ1v) is 11.3. The first kappa shape index (κ1) is 23.0. The molecule has 0 radical (unpaired) electrons. The highest BCUT2D eigenvalue weighted by molar-refractivity contribution is 7.47. The van der Waals surface area contributed by atoms with Crippen LogP contribution in [-0.2, 0) is 38.2 Å². The maximum atomic E-state index is 12.2. The van der Waals surface area contributed by atoms with E-state index >= 15 is 0 Å². The minimum Gasteiger partial charge on any atom is -0.382 e. The van der Waals surface area contributed by atoms with E-state index in [9.17, 15) is 14.7 Å². The summed E-state index contributed by atoms with van der Waals surface area (Å²) in [6.45, 7) is 3.01. The van der Waals surface area contributed by atoms with E-state index in [-0.39, 0.29) is 25.6 Å². The third-order valence-corrected chi connectivity index (χ3v) is 6.19. The van der Waals surface area contributed by atoms with Crippen LogP contribution in [0.3, 0.4) is 0 Å². The van der Waals surface area contributed by atoms with Crippen LogP contribution in [0.1, 0.15) is 19.5 Å². The average Bonchev–Trinajstić information content (AvgIpc) is 3.38. The molecule has 5 atom stereocenters. The third-order valence-electron chi connectivity index (χ3n) is 5.21. The SMILES string of the molecule is COCCOP(=O)(O)OC[C@H]1O[C@@](C#N)(c2ccc3c(N)ncnn23)[C@@H]2OC(C)(C)O[C@@H]21. The molecule has 2 aliphatic heterocycles. The van der Waals surface area contributed by atoms with Crippen molar-refractivity contribution in [2.75, 3.05) is 32.7 Å². The molecule has 1 unspecified atom stereocenters. The van der Waals surface area contributed by atoms with Crippen molar-refractivity contribution >= 4 is 19.2 Å². The van der Waals surface area contributed by atoms with E-state index in [4.69, 9.17) is 33.7 Å². The number of nitriles is 1. The van der Waals surface area contributed by atoms with Crippen LogP contribution >= 0.6 is 7.82 Å². The number of nitrogen functional groups attached to an aromatic ring is 1. The number of hydrogen-bond donors (Lipinski definition) is 2. The summed E-state index contributed by atoms with van der Waals surface area (Å²) in [5.41, 5.74) is 5.11. The Labute approximate surface area is 183 Å². The van der Waals surface area contributed by atoms with Crippen molar-refractivity contribution in [3.63, 3.8) is 0 Å². The van der Waals surface area contributed by atoms with Crippen molar-refractivity contribution in [3.8, 4) is 6.07 Å². The Bertz CT molecular complexity index is 1090. The van der Waals surface area contributed by atoms with Gasteiger partial charge in [0.2, 0.25) is 5.60 Å². The molecule has 4 rings (SSSR count). The maximum absolute atomic E-state index is 12.2. The Morgan fingerprint density at radius 2 is 2.09 bits per heavy atom. The van der Waals surface area contributed by atoms with Gasteiger partial charge >= 0.3 is 7.82 Å². The molecule has 4 heterocycles. The van der Waals surface area contributed by atoms with Gasteiger partial charge in [0.1, 0.15) is 36.2 Å². The second-order valence-corrected chi connectivity index (χ2v) is 9.23. The first-order valence-electron chi connectivity index (χ1n) is 9.77. The van der Waals surface area contributed by atoms with Crippen LogP contribution in [0.2, 0.25) is 0 Å². The fraction of sp³-hybridized carbons (Fsp3) is 0.611. The van der Waals surface area contributed by atoms with Crippen molar-refractivity contribution in [3.05, 3.63) is 24.2 Å². The first-order chi connectivity index (χ1) is 15.1. The second kappa shape index (κ2) is 8.33. The molecule has 0 amide bonds. The molecule has 2 fully saturated rings. The summed E-state index contributed by atoms with van der Waals surface area (Å²) >= 11 is 0. The lowest BCUT2D eigenvalue weighted by Crippen LogP contribution is -2.40. The molecule has 0 bridgehead atoms. The second-order valence-electron chi connectivity index (χ2n) is 7.78. The quantitative estimate of drug-likeness (QED) is 0.410. The highest BCUT2D eigenvalue weighted by Crippen LogP contribution is 2.51. The van der Waals surface area contributed by atoms with Gasteiger partial charge in [-0.1, -0.05) is 0 Å². The number of phosphoric acid groups is 1. The minimum atomic E-state index is -4.38. The van der Waals surface area contributed by atoms with E-state index in [0.717, 1.165) is 0 Å². The summed E-state index contributed by atoms with van der Waals surface area (Å²) in [7, 11) is -2.95. The minimum absolute atomic E-state index is 0.119. The van der Waals surface area contributed by atoms with Crippen molar-refractivity contribution in [2.24, 2.45) is 0 Å². The molecule has 2 saturated heterocycles.